The van der Waals surface area contributed by atoms with Gasteiger partial charge < -0.3 is 5.32 Å². The molecule has 0 aliphatic carbocycles. The van der Waals surface area contributed by atoms with E-state index in [2.05, 4.69) is 31.5 Å². The molecule has 3 rings (SSSR count). The molecule has 1 aliphatic heterocycles. The molecule has 3 amide bonds. The third-order valence-electron chi connectivity index (χ3n) is 4.44. The number of carbonyl (C=O) groups excluding carboxylic acids is 3. The van der Waals surface area contributed by atoms with E-state index in [1.165, 1.54) is 11.3 Å². The van der Waals surface area contributed by atoms with Gasteiger partial charge in [0.25, 0.3) is 5.91 Å². The second-order valence-electron chi connectivity index (χ2n) is 5.81. The van der Waals surface area contributed by atoms with Crippen molar-refractivity contribution in [3.8, 4) is 0 Å². The summed E-state index contributed by atoms with van der Waals surface area (Å²) in [7, 11) is 0. The molecule has 1 fully saturated rings. The SMILES string of the molecule is CC[C@@]1(c2ccc(NC(=O)c3ncc(Br)s3)cc2)CCC(=O)NC1=O. The van der Waals surface area contributed by atoms with E-state index in [0.717, 1.165) is 9.35 Å². The van der Waals surface area contributed by atoms with Gasteiger partial charge in [0.05, 0.1) is 15.4 Å². The number of nitrogens with zero attached hydrogens (tertiary/aromatic N) is 1. The van der Waals surface area contributed by atoms with Crippen LogP contribution in [-0.2, 0) is 15.0 Å². The molecule has 1 aromatic carbocycles. The molecule has 0 bridgehead atoms. The molecule has 2 N–H and O–H groups in total. The molecule has 0 spiro atoms. The van der Waals surface area contributed by atoms with Crippen molar-refractivity contribution in [3.05, 3.63) is 44.8 Å². The summed E-state index contributed by atoms with van der Waals surface area (Å²) < 4.78 is 0.788. The fourth-order valence-corrected chi connectivity index (χ4v) is 4.08. The molecule has 0 unspecified atom stereocenters. The Balaban J connectivity index is 1.78. The van der Waals surface area contributed by atoms with Crippen LogP contribution in [0.1, 0.15) is 41.6 Å². The first-order valence-corrected chi connectivity index (χ1v) is 9.43. The number of carbonyl (C=O) groups is 3. The Morgan fingerprint density at radius 1 is 1.36 bits per heavy atom. The molecule has 1 atom stereocenters. The summed E-state index contributed by atoms with van der Waals surface area (Å²) in [4.78, 5) is 40.0. The number of amides is 3. The Hall–Kier alpha value is -2.06. The highest BCUT2D eigenvalue weighted by molar-refractivity contribution is 9.11. The van der Waals surface area contributed by atoms with E-state index in [0.29, 0.717) is 30.0 Å². The van der Waals surface area contributed by atoms with Crippen molar-refractivity contribution in [1.82, 2.24) is 10.3 Å². The molecule has 6 nitrogen and oxygen atoms in total. The van der Waals surface area contributed by atoms with Crippen molar-refractivity contribution in [3.63, 3.8) is 0 Å². The average molecular weight is 422 g/mol. The van der Waals surface area contributed by atoms with Gasteiger partial charge >= 0.3 is 0 Å². The van der Waals surface area contributed by atoms with E-state index in [-0.39, 0.29) is 17.7 Å². The summed E-state index contributed by atoms with van der Waals surface area (Å²) in [6.45, 7) is 1.94. The summed E-state index contributed by atoms with van der Waals surface area (Å²) in [5.74, 6) is -0.766. The number of benzene rings is 1. The maximum absolute atomic E-state index is 12.4. The van der Waals surface area contributed by atoms with Crippen molar-refractivity contribution < 1.29 is 14.4 Å². The van der Waals surface area contributed by atoms with Crippen LogP contribution in [0.15, 0.2) is 34.2 Å². The summed E-state index contributed by atoms with van der Waals surface area (Å²) >= 11 is 4.53. The van der Waals surface area contributed by atoms with E-state index >= 15 is 0 Å². The molecule has 2 heterocycles. The Morgan fingerprint density at radius 2 is 2.08 bits per heavy atom. The minimum atomic E-state index is -0.698. The molecule has 0 radical (unpaired) electrons. The smallest absolute Gasteiger partial charge is 0.284 e. The molecule has 1 aromatic heterocycles. The lowest BCUT2D eigenvalue weighted by atomic mass is 9.72. The van der Waals surface area contributed by atoms with Crippen molar-refractivity contribution in [2.75, 3.05) is 5.32 Å². The van der Waals surface area contributed by atoms with E-state index in [9.17, 15) is 14.4 Å². The quantitative estimate of drug-likeness (QED) is 0.741. The van der Waals surface area contributed by atoms with Crippen molar-refractivity contribution in [2.45, 2.75) is 31.6 Å². The van der Waals surface area contributed by atoms with Crippen LogP contribution >= 0.6 is 27.3 Å². The third-order valence-corrected chi connectivity index (χ3v) is 5.91. The maximum Gasteiger partial charge on any atom is 0.284 e. The van der Waals surface area contributed by atoms with E-state index in [4.69, 9.17) is 0 Å². The van der Waals surface area contributed by atoms with Gasteiger partial charge in [-0.1, -0.05) is 19.1 Å². The van der Waals surface area contributed by atoms with E-state index < -0.39 is 5.41 Å². The second-order valence-corrected chi connectivity index (χ2v) is 8.22. The maximum atomic E-state index is 12.4. The van der Waals surface area contributed by atoms with Gasteiger partial charge in [0.1, 0.15) is 0 Å². The number of anilines is 1. The number of hydrogen-bond donors (Lipinski definition) is 2. The number of rotatable bonds is 4. The Morgan fingerprint density at radius 3 is 2.64 bits per heavy atom. The fourth-order valence-electron chi connectivity index (χ4n) is 2.98. The molecule has 1 saturated heterocycles. The first-order chi connectivity index (χ1) is 11.9. The summed E-state index contributed by atoms with van der Waals surface area (Å²) in [5, 5.41) is 5.58. The highest BCUT2D eigenvalue weighted by Crippen LogP contribution is 2.36. The zero-order chi connectivity index (χ0) is 18.0. The van der Waals surface area contributed by atoms with Gasteiger partial charge in [-0.15, -0.1) is 11.3 Å². The first-order valence-electron chi connectivity index (χ1n) is 7.82. The standard InChI is InChI=1S/C17H16BrN3O3S/c1-2-17(8-7-13(22)21-16(17)24)10-3-5-11(6-4-10)20-14(23)15-19-9-12(18)25-15/h3-6,9H,2,7-8H2,1H3,(H,20,23)(H,21,22,24)/t17-/m0/s1. The van der Waals surface area contributed by atoms with Crippen molar-refractivity contribution in [1.29, 1.82) is 0 Å². The second kappa shape index (κ2) is 7.05. The average Bonchev–Trinajstić information content (AvgIpc) is 3.03. The molecule has 130 valence electrons. The van der Waals surface area contributed by atoms with Gasteiger partial charge in [-0.3, -0.25) is 19.7 Å². The number of aromatic nitrogens is 1. The lowest BCUT2D eigenvalue weighted by Crippen LogP contribution is -2.51. The number of hydrogen-bond acceptors (Lipinski definition) is 5. The summed E-state index contributed by atoms with van der Waals surface area (Å²) in [5.41, 5.74) is 0.769. The fraction of sp³-hybridized carbons (Fsp3) is 0.294. The minimum Gasteiger partial charge on any atom is -0.320 e. The van der Waals surface area contributed by atoms with Crippen molar-refractivity contribution in [2.24, 2.45) is 0 Å². The van der Waals surface area contributed by atoms with E-state index in [1.54, 1.807) is 18.3 Å². The zero-order valence-corrected chi connectivity index (χ0v) is 15.9. The molecule has 1 aliphatic rings. The van der Waals surface area contributed by atoms with Gasteiger partial charge in [-0.2, -0.15) is 0 Å². The lowest BCUT2D eigenvalue weighted by Gasteiger charge is -2.35. The molecular formula is C17H16BrN3O3S. The molecule has 2 aromatic rings. The predicted molar refractivity (Wildman–Crippen MR) is 98.6 cm³/mol. The van der Waals surface area contributed by atoms with Crippen molar-refractivity contribution >= 4 is 50.7 Å². The largest absolute Gasteiger partial charge is 0.320 e. The summed E-state index contributed by atoms with van der Waals surface area (Å²) in [6, 6.07) is 7.17. The van der Waals surface area contributed by atoms with E-state index in [1.807, 2.05) is 19.1 Å². The Labute approximate surface area is 157 Å². The Bertz CT molecular complexity index is 834. The highest BCUT2D eigenvalue weighted by Gasteiger charge is 2.42. The van der Waals surface area contributed by atoms with Gasteiger partial charge in [0, 0.05) is 12.1 Å². The van der Waals surface area contributed by atoms with Crippen LogP contribution in [0, 0.1) is 0 Å². The monoisotopic (exact) mass is 421 g/mol. The number of nitrogens with one attached hydrogen (secondary N) is 2. The van der Waals surface area contributed by atoms with Crippen LogP contribution in [0.4, 0.5) is 5.69 Å². The topological polar surface area (TPSA) is 88.2 Å². The third kappa shape index (κ3) is 3.50. The number of thiazole rings is 1. The molecular weight excluding hydrogens is 406 g/mol. The van der Waals surface area contributed by atoms with Gasteiger partial charge in [-0.25, -0.2) is 4.98 Å². The normalized spacial score (nSPS) is 20.2. The minimum absolute atomic E-state index is 0.229. The number of halogens is 1. The first kappa shape index (κ1) is 17.8. The van der Waals surface area contributed by atoms with Crippen LogP contribution in [0.5, 0.6) is 0 Å². The van der Waals surface area contributed by atoms with Gasteiger partial charge in [-0.05, 0) is 46.5 Å². The predicted octanol–water partition coefficient (Wildman–Crippen LogP) is 3.24. The van der Waals surface area contributed by atoms with Crippen LogP contribution < -0.4 is 10.6 Å². The molecule has 0 saturated carbocycles. The number of piperidine rings is 1. The highest BCUT2D eigenvalue weighted by atomic mass is 79.9. The zero-order valence-electron chi connectivity index (χ0n) is 13.5. The van der Waals surface area contributed by atoms with Crippen LogP contribution in [0.3, 0.4) is 0 Å². The molecule has 25 heavy (non-hydrogen) atoms. The lowest BCUT2D eigenvalue weighted by molar-refractivity contribution is -0.138. The van der Waals surface area contributed by atoms with Crippen LogP contribution in [0.25, 0.3) is 0 Å². The summed E-state index contributed by atoms with van der Waals surface area (Å²) in [6.07, 6.45) is 3.01. The Kier molecular flexibility index (Phi) is 5.01. The van der Waals surface area contributed by atoms with Gasteiger partial charge in [0.2, 0.25) is 11.8 Å². The van der Waals surface area contributed by atoms with Crippen LogP contribution in [0.2, 0.25) is 0 Å². The number of imide groups is 1. The van der Waals surface area contributed by atoms with Crippen LogP contribution in [-0.4, -0.2) is 22.7 Å². The van der Waals surface area contributed by atoms with Gasteiger partial charge in [0.15, 0.2) is 5.01 Å². The molecule has 8 heteroatoms.